The first-order valence-corrected chi connectivity index (χ1v) is 8.90. The fourth-order valence-corrected chi connectivity index (χ4v) is 4.66. The molecule has 5 aromatic carbocycles. The summed E-state index contributed by atoms with van der Waals surface area (Å²) in [5.74, 6) is 0. The molecule has 2 heteroatoms. The average Bonchev–Trinajstić information content (AvgIpc) is 2.69. The van der Waals surface area contributed by atoms with Gasteiger partial charge in [-0.3, -0.25) is 0 Å². The maximum Gasteiger partial charge on any atom is 0.109 e. The lowest BCUT2D eigenvalue weighted by molar-refractivity contribution is 0.0472. The lowest BCUT2D eigenvalue weighted by atomic mass is 9.86. The van der Waals surface area contributed by atoms with Crippen LogP contribution in [0.25, 0.3) is 49.2 Å². The van der Waals surface area contributed by atoms with Gasteiger partial charge in [0.05, 0.1) is 0 Å². The minimum absolute atomic E-state index is 0.802. The third-order valence-electron chi connectivity index (χ3n) is 5.81. The van der Waals surface area contributed by atoms with Crippen LogP contribution < -0.4 is 0 Å². The second-order valence-electron chi connectivity index (χ2n) is 7.16. The van der Waals surface area contributed by atoms with Crippen LogP contribution in [0.15, 0.2) is 66.7 Å². The van der Waals surface area contributed by atoms with Crippen molar-refractivity contribution in [1.29, 1.82) is 0 Å². The van der Waals surface area contributed by atoms with Crippen LogP contribution >= 0.6 is 0 Å². The number of rotatable bonds is 0. The highest BCUT2D eigenvalue weighted by Crippen LogP contribution is 2.45. The summed E-state index contributed by atoms with van der Waals surface area (Å²) in [6, 6.07) is 21.2. The van der Waals surface area contributed by atoms with E-state index >= 15 is 0 Å². The number of hydrogen-bond acceptors (Lipinski definition) is 2. The molecule has 0 bridgehead atoms. The Morgan fingerprint density at radius 2 is 1.38 bits per heavy atom. The summed E-state index contributed by atoms with van der Waals surface area (Å²) < 4.78 is 0. The molecule has 0 aliphatic heterocycles. The molecule has 0 heterocycles. The van der Waals surface area contributed by atoms with E-state index in [-0.39, 0.29) is 0 Å². The summed E-state index contributed by atoms with van der Waals surface area (Å²) >= 11 is 0. The molecule has 5 aromatic rings. The van der Waals surface area contributed by atoms with Gasteiger partial charge in [0.2, 0.25) is 0 Å². The molecular formula is C24H16O2. The predicted octanol–water partition coefficient (Wildman–Crippen LogP) is 5.16. The number of aliphatic hydroxyl groups excluding tert-OH is 2. The zero-order valence-corrected chi connectivity index (χ0v) is 14.0. The maximum absolute atomic E-state index is 10.6. The minimum atomic E-state index is -0.893. The second-order valence-corrected chi connectivity index (χ2v) is 7.16. The van der Waals surface area contributed by atoms with E-state index in [0.29, 0.717) is 0 Å². The minimum Gasteiger partial charge on any atom is -0.386 e. The van der Waals surface area contributed by atoms with Crippen molar-refractivity contribution in [3.8, 4) is 0 Å². The lowest BCUT2D eigenvalue weighted by Gasteiger charge is -2.25. The smallest absolute Gasteiger partial charge is 0.109 e. The molecule has 1 aliphatic rings. The van der Waals surface area contributed by atoms with Crippen LogP contribution in [-0.4, -0.2) is 16.3 Å². The fourth-order valence-electron chi connectivity index (χ4n) is 4.66. The summed E-state index contributed by atoms with van der Waals surface area (Å²) in [5.41, 5.74) is 1.82. The van der Waals surface area contributed by atoms with E-state index < -0.39 is 12.2 Å². The highest BCUT2D eigenvalue weighted by Gasteiger charge is 2.26. The Labute approximate surface area is 149 Å². The van der Waals surface area contributed by atoms with Gasteiger partial charge in [0, 0.05) is 0 Å². The second kappa shape index (κ2) is 4.82. The molecular weight excluding hydrogens is 322 g/mol. The van der Waals surface area contributed by atoms with E-state index in [9.17, 15) is 10.2 Å². The average molecular weight is 338 g/mol. The van der Waals surface area contributed by atoms with Crippen molar-refractivity contribution < 1.29 is 10.2 Å². The first-order valence-electron chi connectivity index (χ1n) is 8.90. The van der Waals surface area contributed by atoms with Crippen LogP contribution in [0.3, 0.4) is 0 Å². The summed E-state index contributed by atoms with van der Waals surface area (Å²) in [5, 5.41) is 30.4. The van der Waals surface area contributed by atoms with Gasteiger partial charge in [-0.15, -0.1) is 0 Å². The van der Waals surface area contributed by atoms with Gasteiger partial charge in [-0.2, -0.15) is 0 Å². The molecule has 0 fully saturated rings. The van der Waals surface area contributed by atoms with Gasteiger partial charge in [-0.1, -0.05) is 66.7 Å². The van der Waals surface area contributed by atoms with Crippen LogP contribution in [-0.2, 0) is 0 Å². The van der Waals surface area contributed by atoms with Gasteiger partial charge in [-0.05, 0) is 60.3 Å². The Morgan fingerprint density at radius 3 is 2.27 bits per heavy atom. The predicted molar refractivity (Wildman–Crippen MR) is 108 cm³/mol. The zero-order chi connectivity index (χ0) is 17.4. The van der Waals surface area contributed by atoms with Crippen LogP contribution in [0.5, 0.6) is 0 Å². The van der Waals surface area contributed by atoms with E-state index in [1.807, 2.05) is 12.1 Å². The number of aliphatic hydroxyl groups is 2. The highest BCUT2D eigenvalue weighted by molar-refractivity contribution is 6.35. The van der Waals surface area contributed by atoms with Gasteiger partial charge < -0.3 is 10.2 Å². The van der Waals surface area contributed by atoms with Crippen molar-refractivity contribution >= 4 is 49.2 Å². The molecule has 0 saturated heterocycles. The molecule has 124 valence electrons. The molecule has 0 spiro atoms. The number of hydrogen-bond donors (Lipinski definition) is 2. The van der Waals surface area contributed by atoms with Crippen LogP contribution in [0.4, 0.5) is 0 Å². The monoisotopic (exact) mass is 338 g/mol. The molecule has 0 radical (unpaired) electrons. The Bertz CT molecular complexity index is 1360. The van der Waals surface area contributed by atoms with Crippen molar-refractivity contribution in [3.63, 3.8) is 0 Å². The van der Waals surface area contributed by atoms with Gasteiger partial charge in [-0.25, -0.2) is 0 Å². The molecule has 6 rings (SSSR count). The third kappa shape index (κ3) is 1.63. The quantitative estimate of drug-likeness (QED) is 0.302. The number of benzene rings is 5. The summed E-state index contributed by atoms with van der Waals surface area (Å²) in [7, 11) is 0. The van der Waals surface area contributed by atoms with Gasteiger partial charge in [0.25, 0.3) is 0 Å². The largest absolute Gasteiger partial charge is 0.386 e. The Hall–Kier alpha value is -2.94. The molecule has 0 unspecified atom stereocenters. The van der Waals surface area contributed by atoms with E-state index in [1.165, 1.54) is 37.7 Å². The SMILES string of the molecule is O[C@@H]1C=Cc2c(c[13c]3[13cH]cc4cccc5c6ccccc6c2c3c45)[C@H]1O. The third-order valence-corrected chi connectivity index (χ3v) is 5.81. The highest BCUT2D eigenvalue weighted by atomic mass is 16.3. The Kier molecular flexibility index (Phi) is 2.64. The maximum atomic E-state index is 10.6. The van der Waals surface area contributed by atoms with Crippen LogP contribution in [0.2, 0.25) is 0 Å². The molecule has 1 aliphatic carbocycles. The molecule has 0 amide bonds. The first-order chi connectivity index (χ1) is 12.7. The first kappa shape index (κ1) is 14.3. The molecule has 2 N–H and O–H groups in total. The fraction of sp³-hybridized carbons (Fsp3) is 0.0833. The van der Waals surface area contributed by atoms with Crippen molar-refractivity contribution in [2.75, 3.05) is 0 Å². The molecule has 2 atom stereocenters. The standard InChI is InChI=1S/C24H16O2/c25-20-11-10-18-19(24(20)26)12-14-9-8-13-4-3-7-16-15-5-1-2-6-17(15)23(18)22(14)21(13)16/h1-12,20,24-26H/t20-,24-/m1/s1/i9+1,14+1. The molecule has 2 nitrogen and oxygen atoms in total. The molecule has 26 heavy (non-hydrogen) atoms. The van der Waals surface area contributed by atoms with Crippen molar-refractivity contribution in [2.45, 2.75) is 12.2 Å². The topological polar surface area (TPSA) is 40.5 Å². The summed E-state index contributed by atoms with van der Waals surface area (Å²) in [6.45, 7) is 0. The van der Waals surface area contributed by atoms with E-state index in [0.717, 1.165) is 16.5 Å². The van der Waals surface area contributed by atoms with E-state index in [2.05, 4.69) is 54.6 Å². The molecule has 0 saturated carbocycles. The van der Waals surface area contributed by atoms with Crippen molar-refractivity contribution in [2.24, 2.45) is 0 Å². The lowest BCUT2D eigenvalue weighted by Crippen LogP contribution is -2.19. The van der Waals surface area contributed by atoms with E-state index in [4.69, 9.17) is 0 Å². The molecule has 0 aromatic heterocycles. The summed E-state index contributed by atoms with van der Waals surface area (Å²) in [6.07, 6.45) is 1.90. The van der Waals surface area contributed by atoms with Gasteiger partial charge in [0.15, 0.2) is 0 Å². The number of fused-ring (bicyclic) bond motifs is 5. The van der Waals surface area contributed by atoms with Crippen LogP contribution in [0, 0.1) is 0 Å². The zero-order valence-electron chi connectivity index (χ0n) is 14.0. The van der Waals surface area contributed by atoms with E-state index in [1.54, 1.807) is 6.08 Å². The van der Waals surface area contributed by atoms with Crippen LogP contribution in [0.1, 0.15) is 17.2 Å². The summed E-state index contributed by atoms with van der Waals surface area (Å²) in [4.78, 5) is 0. The van der Waals surface area contributed by atoms with Crippen molar-refractivity contribution in [1.82, 2.24) is 0 Å². The van der Waals surface area contributed by atoms with Gasteiger partial charge >= 0.3 is 0 Å². The Morgan fingerprint density at radius 1 is 0.654 bits per heavy atom. The normalized spacial score (nSPS) is 19.8. The Balaban J connectivity index is 2.01. The van der Waals surface area contributed by atoms with Crippen molar-refractivity contribution in [3.05, 3.63) is 77.9 Å². The van der Waals surface area contributed by atoms with Gasteiger partial charge in [0.1, 0.15) is 12.2 Å².